The van der Waals surface area contributed by atoms with E-state index in [1.54, 1.807) is 0 Å². The predicted octanol–water partition coefficient (Wildman–Crippen LogP) is 3.67. The lowest BCUT2D eigenvalue weighted by atomic mass is 9.88. The smallest absolute Gasteiger partial charge is 0.0198 e. The van der Waals surface area contributed by atoms with E-state index < -0.39 is 0 Å². The third-order valence-electron chi connectivity index (χ3n) is 4.52. The van der Waals surface area contributed by atoms with Gasteiger partial charge in [-0.1, -0.05) is 40.5 Å². The van der Waals surface area contributed by atoms with Gasteiger partial charge in [0.05, 0.1) is 0 Å². The second kappa shape index (κ2) is 6.58. The fourth-order valence-electron chi connectivity index (χ4n) is 3.28. The molecule has 1 saturated heterocycles. The highest BCUT2D eigenvalue weighted by molar-refractivity contribution is 4.92. The molecule has 1 N–H and O–H groups in total. The van der Waals surface area contributed by atoms with Crippen molar-refractivity contribution in [1.29, 1.82) is 0 Å². The Morgan fingerprint density at radius 1 is 1.16 bits per heavy atom. The molecule has 0 amide bonds. The van der Waals surface area contributed by atoms with Crippen molar-refractivity contribution < 1.29 is 0 Å². The van der Waals surface area contributed by atoms with Gasteiger partial charge in [0.1, 0.15) is 0 Å². The molecule has 1 aliphatic carbocycles. The van der Waals surface area contributed by atoms with Crippen molar-refractivity contribution in [2.75, 3.05) is 19.6 Å². The summed E-state index contributed by atoms with van der Waals surface area (Å²) >= 11 is 0. The van der Waals surface area contributed by atoms with Crippen LogP contribution >= 0.6 is 0 Å². The number of unbranched alkanes of at least 4 members (excludes halogenated alkanes) is 1. The van der Waals surface area contributed by atoms with E-state index in [9.17, 15) is 0 Å². The molecule has 2 unspecified atom stereocenters. The lowest BCUT2D eigenvalue weighted by molar-refractivity contribution is 0.122. The number of hydrogen-bond acceptors (Lipinski definition) is 2. The van der Waals surface area contributed by atoms with Crippen LogP contribution < -0.4 is 5.32 Å². The predicted molar refractivity (Wildman–Crippen MR) is 83.5 cm³/mol. The summed E-state index contributed by atoms with van der Waals surface area (Å²) in [6, 6.07) is 1.67. The molecule has 2 rings (SSSR count). The van der Waals surface area contributed by atoms with Gasteiger partial charge >= 0.3 is 0 Å². The van der Waals surface area contributed by atoms with Crippen LogP contribution in [0.25, 0.3) is 0 Å². The van der Waals surface area contributed by atoms with Crippen molar-refractivity contribution >= 4 is 0 Å². The molecule has 2 aliphatic rings. The van der Waals surface area contributed by atoms with E-state index in [2.05, 4.69) is 37.9 Å². The molecule has 2 atom stereocenters. The topological polar surface area (TPSA) is 15.3 Å². The first-order valence-electron chi connectivity index (χ1n) is 8.45. The summed E-state index contributed by atoms with van der Waals surface area (Å²) in [7, 11) is 0. The van der Waals surface area contributed by atoms with Crippen LogP contribution in [0.15, 0.2) is 0 Å². The minimum Gasteiger partial charge on any atom is -0.312 e. The van der Waals surface area contributed by atoms with E-state index >= 15 is 0 Å². The van der Waals surface area contributed by atoms with Crippen molar-refractivity contribution in [3.05, 3.63) is 0 Å². The second-order valence-electron chi connectivity index (χ2n) is 8.07. The summed E-state index contributed by atoms with van der Waals surface area (Å²) in [4.78, 5) is 2.78. The first-order valence-corrected chi connectivity index (χ1v) is 8.45. The van der Waals surface area contributed by atoms with Gasteiger partial charge in [-0.05, 0) is 37.0 Å². The Bertz CT molecular complexity index is 265. The van der Waals surface area contributed by atoms with E-state index in [4.69, 9.17) is 0 Å². The highest BCUT2D eigenvalue weighted by Gasteiger charge is 2.35. The lowest BCUT2D eigenvalue weighted by Crippen LogP contribution is -2.51. The molecule has 1 heterocycles. The van der Waals surface area contributed by atoms with Crippen LogP contribution in [0, 0.1) is 11.3 Å². The maximum atomic E-state index is 3.84. The molecule has 0 aromatic heterocycles. The Kier molecular flexibility index (Phi) is 5.30. The summed E-state index contributed by atoms with van der Waals surface area (Å²) < 4.78 is 0. The van der Waals surface area contributed by atoms with Gasteiger partial charge in [-0.2, -0.15) is 0 Å². The quantitative estimate of drug-likeness (QED) is 0.789. The summed E-state index contributed by atoms with van der Waals surface area (Å²) in [5.41, 5.74) is 0.404. The highest BCUT2D eigenvalue weighted by Crippen LogP contribution is 2.32. The molecule has 112 valence electrons. The van der Waals surface area contributed by atoms with Crippen molar-refractivity contribution in [2.45, 2.75) is 78.3 Å². The zero-order valence-electron chi connectivity index (χ0n) is 13.5. The number of piperidine rings is 1. The van der Waals surface area contributed by atoms with Crippen molar-refractivity contribution in [3.8, 4) is 0 Å². The SMILES string of the molecule is CCCCC1CC(NCC(C)(C)C)CN(C2CC2)C1. The van der Waals surface area contributed by atoms with E-state index in [1.165, 1.54) is 51.6 Å². The van der Waals surface area contributed by atoms with Gasteiger partial charge in [-0.25, -0.2) is 0 Å². The van der Waals surface area contributed by atoms with E-state index in [1.807, 2.05) is 0 Å². The maximum Gasteiger partial charge on any atom is 0.0198 e. The van der Waals surface area contributed by atoms with Crippen LogP contribution in [-0.2, 0) is 0 Å². The fourth-order valence-corrected chi connectivity index (χ4v) is 3.28. The Morgan fingerprint density at radius 3 is 2.47 bits per heavy atom. The number of hydrogen-bond donors (Lipinski definition) is 1. The Balaban J connectivity index is 1.82. The highest BCUT2D eigenvalue weighted by atomic mass is 15.2. The molecule has 1 aliphatic heterocycles. The molecule has 0 aromatic rings. The average Bonchev–Trinajstić information content (AvgIpc) is 3.17. The second-order valence-corrected chi connectivity index (χ2v) is 8.07. The van der Waals surface area contributed by atoms with Gasteiger partial charge in [-0.15, -0.1) is 0 Å². The third-order valence-corrected chi connectivity index (χ3v) is 4.52. The Hall–Kier alpha value is -0.0800. The van der Waals surface area contributed by atoms with Crippen molar-refractivity contribution in [3.63, 3.8) is 0 Å². The molecule has 0 spiro atoms. The van der Waals surface area contributed by atoms with Crippen LogP contribution in [0.2, 0.25) is 0 Å². The number of rotatable bonds is 6. The molecule has 19 heavy (non-hydrogen) atoms. The lowest BCUT2D eigenvalue weighted by Gasteiger charge is -2.39. The third kappa shape index (κ3) is 5.43. The minimum absolute atomic E-state index is 0.404. The van der Waals surface area contributed by atoms with Crippen LogP contribution in [0.5, 0.6) is 0 Å². The van der Waals surface area contributed by atoms with Gasteiger partial charge in [0.2, 0.25) is 0 Å². The van der Waals surface area contributed by atoms with Gasteiger partial charge in [-0.3, -0.25) is 4.90 Å². The number of likely N-dealkylation sites (tertiary alicyclic amines) is 1. The number of nitrogens with zero attached hydrogens (tertiary/aromatic N) is 1. The molecule has 0 aromatic carbocycles. The first kappa shape index (κ1) is 15.3. The van der Waals surface area contributed by atoms with E-state index in [0.717, 1.165) is 24.5 Å². The average molecular weight is 266 g/mol. The first-order chi connectivity index (χ1) is 8.98. The molecule has 1 saturated carbocycles. The normalized spacial score (nSPS) is 29.7. The fraction of sp³-hybridized carbons (Fsp3) is 1.00. The molecule has 2 nitrogen and oxygen atoms in total. The summed E-state index contributed by atoms with van der Waals surface area (Å²) in [5, 5.41) is 3.84. The summed E-state index contributed by atoms with van der Waals surface area (Å²) in [5.74, 6) is 0.937. The summed E-state index contributed by atoms with van der Waals surface area (Å²) in [6.45, 7) is 13.1. The van der Waals surface area contributed by atoms with Gasteiger partial charge in [0.15, 0.2) is 0 Å². The van der Waals surface area contributed by atoms with Gasteiger partial charge < -0.3 is 5.32 Å². The monoisotopic (exact) mass is 266 g/mol. The molecule has 2 heteroatoms. The summed E-state index contributed by atoms with van der Waals surface area (Å²) in [6.07, 6.45) is 8.50. The zero-order valence-corrected chi connectivity index (χ0v) is 13.5. The Labute approximate surface area is 120 Å². The standard InChI is InChI=1S/C17H34N2/c1-5-6-7-14-10-15(18-13-17(2,3)4)12-19(11-14)16-8-9-16/h14-16,18H,5-13H2,1-4H3. The largest absolute Gasteiger partial charge is 0.312 e. The molecule has 2 fully saturated rings. The van der Waals surface area contributed by atoms with Crippen LogP contribution in [0.4, 0.5) is 0 Å². The van der Waals surface area contributed by atoms with E-state index in [0.29, 0.717) is 5.41 Å². The van der Waals surface area contributed by atoms with Crippen LogP contribution in [-0.4, -0.2) is 36.6 Å². The molecule has 0 bridgehead atoms. The van der Waals surface area contributed by atoms with Crippen molar-refractivity contribution in [2.24, 2.45) is 11.3 Å². The molecular weight excluding hydrogens is 232 g/mol. The van der Waals surface area contributed by atoms with Crippen LogP contribution in [0.1, 0.15) is 66.2 Å². The molecular formula is C17H34N2. The van der Waals surface area contributed by atoms with E-state index in [-0.39, 0.29) is 0 Å². The Morgan fingerprint density at radius 2 is 1.89 bits per heavy atom. The molecule has 0 radical (unpaired) electrons. The zero-order chi connectivity index (χ0) is 13.9. The number of nitrogens with one attached hydrogen (secondary N) is 1. The van der Waals surface area contributed by atoms with Gasteiger partial charge in [0, 0.05) is 31.7 Å². The van der Waals surface area contributed by atoms with Crippen LogP contribution in [0.3, 0.4) is 0 Å². The minimum atomic E-state index is 0.404. The van der Waals surface area contributed by atoms with Crippen molar-refractivity contribution in [1.82, 2.24) is 10.2 Å². The van der Waals surface area contributed by atoms with Gasteiger partial charge in [0.25, 0.3) is 0 Å². The maximum absolute atomic E-state index is 3.84.